The lowest BCUT2D eigenvalue weighted by molar-refractivity contribution is 0.100. The van der Waals surface area contributed by atoms with Gasteiger partial charge in [-0.25, -0.2) is 0 Å². The van der Waals surface area contributed by atoms with Gasteiger partial charge in [-0.05, 0) is 86.0 Å². The topological polar surface area (TPSA) is 36.9 Å². The largest absolute Gasteiger partial charge is 0.392 e. The van der Waals surface area contributed by atoms with Gasteiger partial charge in [0.1, 0.15) is 0 Å². The van der Waals surface area contributed by atoms with Crippen LogP contribution in [-0.2, 0) is 17.7 Å². The minimum atomic E-state index is -2.18. The van der Waals surface area contributed by atoms with Crippen molar-refractivity contribution in [3.8, 4) is 0 Å². The van der Waals surface area contributed by atoms with Crippen molar-refractivity contribution in [3.05, 3.63) is 0 Å². The molecule has 0 amide bonds. The van der Waals surface area contributed by atoms with Gasteiger partial charge in [0, 0.05) is 24.4 Å². The molecule has 0 heterocycles. The first-order valence-corrected chi connectivity index (χ1v) is 14.7. The summed E-state index contributed by atoms with van der Waals surface area (Å²) in [7, 11) is -4.35. The molecule has 152 valence electrons. The summed E-state index contributed by atoms with van der Waals surface area (Å²) in [6.45, 7) is 21.3. The molecule has 0 saturated heterocycles. The second kappa shape index (κ2) is 11.9. The minimum absolute atomic E-state index is 0.206. The predicted molar refractivity (Wildman–Crippen MR) is 112 cm³/mol. The molecule has 0 N–H and O–H groups in total. The van der Waals surface area contributed by atoms with E-state index in [-0.39, 0.29) is 24.4 Å². The van der Waals surface area contributed by atoms with Crippen LogP contribution in [-0.4, -0.2) is 41.5 Å². The lowest BCUT2D eigenvalue weighted by Crippen LogP contribution is -2.48. The molecule has 0 atom stereocenters. The van der Waals surface area contributed by atoms with E-state index in [1.807, 2.05) is 0 Å². The van der Waals surface area contributed by atoms with Crippen LogP contribution in [0.1, 0.15) is 75.7 Å². The van der Waals surface area contributed by atoms with Gasteiger partial charge in [-0.1, -0.05) is 13.8 Å². The molecule has 0 unspecified atom stereocenters. The van der Waals surface area contributed by atoms with Gasteiger partial charge in [0.15, 0.2) is 0 Å². The van der Waals surface area contributed by atoms with Gasteiger partial charge in [-0.3, -0.25) is 0 Å². The maximum absolute atomic E-state index is 6.36. The van der Waals surface area contributed by atoms with Crippen LogP contribution in [0.5, 0.6) is 0 Å². The predicted octanol–water partition coefficient (Wildman–Crippen LogP) is 6.00. The Kier molecular flexibility index (Phi) is 12.0. The van der Waals surface area contributed by atoms with Gasteiger partial charge in [0.25, 0.3) is 0 Å². The van der Waals surface area contributed by atoms with Crippen molar-refractivity contribution in [2.45, 2.75) is 124 Å². The summed E-state index contributed by atoms with van der Waals surface area (Å²) in [6, 6.07) is 4.00. The highest BCUT2D eigenvalue weighted by atomic mass is 28.4. The normalized spacial score (nSPS) is 13.7. The summed E-state index contributed by atoms with van der Waals surface area (Å²) >= 11 is 0. The third-order valence-corrected chi connectivity index (χ3v) is 12.0. The molecule has 25 heavy (non-hydrogen) atoms. The van der Waals surface area contributed by atoms with Crippen molar-refractivity contribution < 1.29 is 17.7 Å². The molecule has 0 radical (unpaired) electrons. The van der Waals surface area contributed by atoms with E-state index >= 15 is 0 Å². The van der Waals surface area contributed by atoms with E-state index in [0.717, 1.165) is 30.6 Å². The molecule has 0 bridgehead atoms. The first-order valence-electron chi connectivity index (χ1n) is 10.2. The van der Waals surface area contributed by atoms with Crippen LogP contribution in [0.3, 0.4) is 0 Å². The third kappa shape index (κ3) is 10.3. The maximum atomic E-state index is 6.36. The number of hydrogen-bond acceptors (Lipinski definition) is 4. The fourth-order valence-corrected chi connectivity index (χ4v) is 10.5. The molecule has 0 aromatic carbocycles. The van der Waals surface area contributed by atoms with Crippen molar-refractivity contribution in [3.63, 3.8) is 0 Å². The Bertz CT molecular complexity index is 294. The molecule has 6 heteroatoms. The van der Waals surface area contributed by atoms with Gasteiger partial charge < -0.3 is 17.7 Å². The summed E-state index contributed by atoms with van der Waals surface area (Å²) in [5.41, 5.74) is 0. The average molecular weight is 393 g/mol. The zero-order valence-electron chi connectivity index (χ0n) is 18.5. The molecule has 0 aliphatic heterocycles. The molecule has 0 aromatic rings. The second-order valence-electron chi connectivity index (χ2n) is 8.05. The Labute approximate surface area is 159 Å². The monoisotopic (exact) mass is 392 g/mol. The van der Waals surface area contributed by atoms with Gasteiger partial charge in [0.05, 0.1) is 0 Å². The molecular formula is C19H44O4Si2. The standard InChI is InChI=1S/C19H44O4Si2/c1-11-24(20-16(3)4,21-17(5)6)14-13-15-25(12-2,22-18(7)8)23-19(9)10/h16-19H,11-15H2,1-10H3. The van der Waals surface area contributed by atoms with Gasteiger partial charge in [-0.2, -0.15) is 0 Å². The molecule has 0 rings (SSSR count). The highest BCUT2D eigenvalue weighted by Gasteiger charge is 2.41. The summed E-state index contributed by atoms with van der Waals surface area (Å²) in [5.74, 6) is 0. The Morgan fingerprint density at radius 1 is 0.520 bits per heavy atom. The molecule has 0 fully saturated rings. The van der Waals surface area contributed by atoms with Gasteiger partial charge in [0.2, 0.25) is 0 Å². The van der Waals surface area contributed by atoms with Gasteiger partial charge >= 0.3 is 17.1 Å². The van der Waals surface area contributed by atoms with Crippen molar-refractivity contribution in [1.82, 2.24) is 0 Å². The molecule has 0 aliphatic carbocycles. The Balaban J connectivity index is 5.08. The molecule has 0 saturated carbocycles. The van der Waals surface area contributed by atoms with Crippen LogP contribution in [0.15, 0.2) is 0 Å². The van der Waals surface area contributed by atoms with Crippen LogP contribution in [0, 0.1) is 0 Å². The van der Waals surface area contributed by atoms with Crippen LogP contribution < -0.4 is 0 Å². The Morgan fingerprint density at radius 2 is 0.760 bits per heavy atom. The lowest BCUT2D eigenvalue weighted by Gasteiger charge is -2.36. The van der Waals surface area contributed by atoms with Crippen LogP contribution >= 0.6 is 0 Å². The van der Waals surface area contributed by atoms with Crippen molar-refractivity contribution in [1.29, 1.82) is 0 Å². The third-order valence-electron chi connectivity index (χ3n) is 3.99. The lowest BCUT2D eigenvalue weighted by atomic mass is 10.5. The smallest absolute Gasteiger partial charge is 0.338 e. The fraction of sp³-hybridized carbons (Fsp3) is 1.00. The number of rotatable bonds is 14. The van der Waals surface area contributed by atoms with E-state index < -0.39 is 17.1 Å². The van der Waals surface area contributed by atoms with E-state index in [4.69, 9.17) is 17.7 Å². The van der Waals surface area contributed by atoms with E-state index in [1.54, 1.807) is 0 Å². The van der Waals surface area contributed by atoms with Crippen molar-refractivity contribution in [2.75, 3.05) is 0 Å². The van der Waals surface area contributed by atoms with E-state index in [2.05, 4.69) is 69.2 Å². The van der Waals surface area contributed by atoms with Crippen LogP contribution in [0.2, 0.25) is 24.2 Å². The maximum Gasteiger partial charge on any atom is 0.338 e. The van der Waals surface area contributed by atoms with Gasteiger partial charge in [-0.15, -0.1) is 0 Å². The Morgan fingerprint density at radius 3 is 0.920 bits per heavy atom. The molecule has 4 nitrogen and oxygen atoms in total. The quantitative estimate of drug-likeness (QED) is 0.340. The summed E-state index contributed by atoms with van der Waals surface area (Å²) in [4.78, 5) is 0. The first kappa shape index (κ1) is 25.3. The molecule has 0 aromatic heterocycles. The summed E-state index contributed by atoms with van der Waals surface area (Å²) < 4.78 is 25.4. The molecule has 0 spiro atoms. The first-order chi connectivity index (χ1) is 11.5. The van der Waals surface area contributed by atoms with Crippen molar-refractivity contribution >= 4 is 17.1 Å². The highest BCUT2D eigenvalue weighted by molar-refractivity contribution is 6.69. The summed E-state index contributed by atoms with van der Waals surface area (Å²) in [6.07, 6.45) is 1.88. The van der Waals surface area contributed by atoms with E-state index in [9.17, 15) is 0 Å². The second-order valence-corrected chi connectivity index (χ2v) is 15.0. The van der Waals surface area contributed by atoms with E-state index in [1.165, 1.54) is 0 Å². The fourth-order valence-electron chi connectivity index (χ4n) is 3.32. The zero-order valence-corrected chi connectivity index (χ0v) is 20.5. The zero-order chi connectivity index (χ0) is 19.7. The van der Waals surface area contributed by atoms with Crippen molar-refractivity contribution in [2.24, 2.45) is 0 Å². The van der Waals surface area contributed by atoms with E-state index in [0.29, 0.717) is 0 Å². The SMILES string of the molecule is CC[Si](CCC[Si](CC)(OC(C)C)OC(C)C)(OC(C)C)OC(C)C. The number of hydrogen-bond donors (Lipinski definition) is 0. The highest BCUT2D eigenvalue weighted by Crippen LogP contribution is 2.30. The Hall–Kier alpha value is 0.274. The van der Waals surface area contributed by atoms with Crippen LogP contribution in [0.4, 0.5) is 0 Å². The molecular weight excluding hydrogens is 348 g/mol. The molecule has 0 aliphatic rings. The summed E-state index contributed by atoms with van der Waals surface area (Å²) in [5, 5.41) is 0. The average Bonchev–Trinajstić information content (AvgIpc) is 2.44. The van der Waals surface area contributed by atoms with Crippen LogP contribution in [0.25, 0.3) is 0 Å². The minimum Gasteiger partial charge on any atom is -0.392 e.